The van der Waals surface area contributed by atoms with Crippen molar-refractivity contribution < 1.29 is 0 Å². The fourth-order valence-corrected chi connectivity index (χ4v) is 10.1. The van der Waals surface area contributed by atoms with Gasteiger partial charge in [0.05, 0.1) is 27.5 Å². The Morgan fingerprint density at radius 2 is 0.643 bits per heavy atom. The van der Waals surface area contributed by atoms with Crippen molar-refractivity contribution in [1.82, 2.24) is 0 Å². The van der Waals surface area contributed by atoms with Crippen LogP contribution in [0.15, 0.2) is 133 Å². The first-order chi connectivity index (χ1) is 26.5. The number of fused-ring (bicyclic) bond motifs is 2. The summed E-state index contributed by atoms with van der Waals surface area (Å²) >= 11 is 0. The highest BCUT2D eigenvalue weighted by atomic mass is 28.3. The Bertz CT molecular complexity index is 2300. The van der Waals surface area contributed by atoms with Crippen LogP contribution in [-0.2, 0) is 0 Å². The van der Waals surface area contributed by atoms with E-state index in [9.17, 15) is 0 Å². The van der Waals surface area contributed by atoms with Crippen molar-refractivity contribution in [3.63, 3.8) is 0 Å². The molecule has 7 aromatic rings. The normalized spacial score (nSPS) is 12.2. The minimum absolute atomic E-state index is 0.458. The van der Waals surface area contributed by atoms with Crippen LogP contribution in [0.1, 0.15) is 61.8 Å². The predicted octanol–water partition coefficient (Wildman–Crippen LogP) is 14.9. The van der Waals surface area contributed by atoms with Crippen LogP contribution in [0.25, 0.3) is 21.5 Å². The van der Waals surface area contributed by atoms with Crippen LogP contribution in [0.3, 0.4) is 0 Å². The summed E-state index contributed by atoms with van der Waals surface area (Å²) in [6.45, 7) is 28.2. The van der Waals surface area contributed by atoms with Gasteiger partial charge in [-0.3, -0.25) is 0 Å². The van der Waals surface area contributed by atoms with Gasteiger partial charge in [0.1, 0.15) is 0 Å². The molecule has 0 N–H and O–H groups in total. The average Bonchev–Trinajstić information content (AvgIpc) is 3.16. The van der Waals surface area contributed by atoms with Gasteiger partial charge in [-0.15, -0.1) is 0 Å². The molecule has 0 aromatic heterocycles. The summed E-state index contributed by atoms with van der Waals surface area (Å²) in [5.41, 5.74) is 12.3. The molecule has 0 fully saturated rings. The minimum atomic E-state index is -1.72. The number of hydrogen-bond donors (Lipinski definition) is 0. The van der Waals surface area contributed by atoms with Crippen LogP contribution in [0, 0.1) is 13.8 Å². The second kappa shape index (κ2) is 15.2. The Balaban J connectivity index is 1.69. The zero-order chi connectivity index (χ0) is 40.1. The highest BCUT2D eigenvalue weighted by molar-refractivity contribution is 6.89. The third-order valence-corrected chi connectivity index (χ3v) is 15.5. The predicted molar refractivity (Wildman–Crippen MR) is 254 cm³/mol. The van der Waals surface area contributed by atoms with E-state index in [1.54, 1.807) is 0 Å². The maximum absolute atomic E-state index is 2.55. The molecule has 0 saturated heterocycles. The van der Waals surface area contributed by atoms with Gasteiger partial charge < -0.3 is 9.80 Å². The van der Waals surface area contributed by atoms with Gasteiger partial charge in [-0.1, -0.05) is 173 Å². The highest BCUT2D eigenvalue weighted by Crippen LogP contribution is 2.51. The molecule has 4 heteroatoms. The van der Waals surface area contributed by atoms with Gasteiger partial charge in [-0.05, 0) is 85.3 Å². The first-order valence-corrected chi connectivity index (χ1v) is 27.5. The van der Waals surface area contributed by atoms with E-state index in [-0.39, 0.29) is 0 Å². The Morgan fingerprint density at radius 1 is 0.357 bits per heavy atom. The molecule has 0 amide bonds. The van der Waals surface area contributed by atoms with Gasteiger partial charge in [-0.25, -0.2) is 0 Å². The molecule has 0 saturated carbocycles. The highest BCUT2D eigenvalue weighted by Gasteiger charge is 2.29. The molecular formula is C52H60N2Si2. The number of rotatable bonds is 10. The monoisotopic (exact) mass is 768 g/mol. The van der Waals surface area contributed by atoms with Crippen LogP contribution in [-0.4, -0.2) is 16.1 Å². The Morgan fingerprint density at radius 3 is 0.911 bits per heavy atom. The molecule has 0 aliphatic rings. The second-order valence-corrected chi connectivity index (χ2v) is 28.7. The standard InChI is InChI=1S/C52H60N2Si2/c1-35(2)39-17-25-43(26-18-39)53(41-21-13-37(5)14-22-41)51-47-31-29-46(56(10,11)12)34-50(47)52(48-32-30-45(33-49(48)51)55(7,8)9)54(42-23-15-38(6)16-24-42)44-27-19-40(20-28-44)36(3)4/h13-36H,1-12H3. The lowest BCUT2D eigenvalue weighted by molar-refractivity contribution is 0.866. The van der Waals surface area contributed by atoms with Gasteiger partial charge in [0.2, 0.25) is 0 Å². The second-order valence-electron chi connectivity index (χ2n) is 18.6. The summed E-state index contributed by atoms with van der Waals surface area (Å²) in [6.07, 6.45) is 0. The van der Waals surface area contributed by atoms with Gasteiger partial charge in [-0.2, -0.15) is 0 Å². The van der Waals surface area contributed by atoms with Crippen molar-refractivity contribution in [2.24, 2.45) is 0 Å². The average molecular weight is 769 g/mol. The molecule has 0 aliphatic heterocycles. The third-order valence-electron chi connectivity index (χ3n) is 11.5. The number of hydrogen-bond acceptors (Lipinski definition) is 2. The van der Waals surface area contributed by atoms with E-state index in [0.29, 0.717) is 11.8 Å². The van der Waals surface area contributed by atoms with Crippen molar-refractivity contribution in [3.05, 3.63) is 156 Å². The molecule has 0 bridgehead atoms. The fourth-order valence-electron chi connectivity index (χ4n) is 7.82. The fraction of sp³-hybridized carbons (Fsp3) is 0.269. The summed E-state index contributed by atoms with van der Waals surface area (Å²) in [5, 5.41) is 7.98. The third kappa shape index (κ3) is 7.74. The summed E-state index contributed by atoms with van der Waals surface area (Å²) < 4.78 is 0. The molecular weight excluding hydrogens is 709 g/mol. The Hall–Kier alpha value is -4.91. The molecule has 7 rings (SSSR count). The lowest BCUT2D eigenvalue weighted by Gasteiger charge is -2.34. The van der Waals surface area contributed by atoms with Crippen molar-refractivity contribution in [2.75, 3.05) is 9.80 Å². The first-order valence-electron chi connectivity index (χ1n) is 20.5. The van der Waals surface area contributed by atoms with E-state index in [2.05, 4.69) is 224 Å². The Kier molecular flexibility index (Phi) is 10.7. The van der Waals surface area contributed by atoms with E-state index < -0.39 is 16.1 Å². The van der Waals surface area contributed by atoms with Crippen LogP contribution >= 0.6 is 0 Å². The van der Waals surface area contributed by atoms with Crippen LogP contribution in [0.5, 0.6) is 0 Å². The van der Waals surface area contributed by atoms with Crippen LogP contribution in [0.2, 0.25) is 39.3 Å². The van der Waals surface area contributed by atoms with Gasteiger partial charge >= 0.3 is 0 Å². The molecule has 0 unspecified atom stereocenters. The van der Waals surface area contributed by atoms with Gasteiger partial charge in [0.25, 0.3) is 0 Å². The molecule has 2 nitrogen and oxygen atoms in total. The molecule has 0 heterocycles. The van der Waals surface area contributed by atoms with Gasteiger partial charge in [0, 0.05) is 44.3 Å². The smallest absolute Gasteiger partial charge is 0.0776 e. The number of benzene rings is 7. The molecule has 0 atom stereocenters. The van der Waals surface area contributed by atoms with E-state index >= 15 is 0 Å². The molecule has 56 heavy (non-hydrogen) atoms. The minimum Gasteiger partial charge on any atom is -0.309 e. The van der Waals surface area contributed by atoms with Crippen LogP contribution < -0.4 is 20.2 Å². The van der Waals surface area contributed by atoms with Crippen LogP contribution in [0.4, 0.5) is 34.1 Å². The van der Waals surface area contributed by atoms with Crippen molar-refractivity contribution >= 4 is 82.2 Å². The largest absolute Gasteiger partial charge is 0.309 e. The molecule has 0 radical (unpaired) electrons. The van der Waals surface area contributed by atoms with Crippen molar-refractivity contribution in [3.8, 4) is 0 Å². The summed E-state index contributed by atoms with van der Waals surface area (Å²) in [5.74, 6) is 0.916. The van der Waals surface area contributed by atoms with E-state index in [1.165, 1.54) is 76.9 Å². The van der Waals surface area contributed by atoms with Crippen molar-refractivity contribution in [2.45, 2.75) is 92.7 Å². The summed E-state index contributed by atoms with van der Waals surface area (Å²) in [6, 6.07) is 51.6. The lowest BCUT2D eigenvalue weighted by atomic mass is 9.94. The first kappa shape index (κ1) is 39.3. The molecule has 286 valence electrons. The molecule has 0 aliphatic carbocycles. The number of nitrogens with zero attached hydrogens (tertiary/aromatic N) is 2. The molecule has 7 aromatic carbocycles. The topological polar surface area (TPSA) is 6.48 Å². The summed E-state index contributed by atoms with van der Waals surface area (Å²) in [7, 11) is -3.44. The van der Waals surface area contributed by atoms with E-state index in [0.717, 1.165) is 11.4 Å². The van der Waals surface area contributed by atoms with Gasteiger partial charge in [0.15, 0.2) is 0 Å². The zero-order valence-electron chi connectivity index (χ0n) is 35.8. The van der Waals surface area contributed by atoms with E-state index in [4.69, 9.17) is 0 Å². The number of aryl methyl sites for hydroxylation is 2. The SMILES string of the molecule is Cc1ccc(N(c2ccc(C(C)C)cc2)c2c3ccc([Si](C)(C)C)cc3c(N(c3ccc(C)cc3)c3ccc(C(C)C)cc3)c3ccc([Si](C)(C)C)cc23)cc1. The Labute approximate surface area is 338 Å². The lowest BCUT2D eigenvalue weighted by Crippen LogP contribution is -2.37. The van der Waals surface area contributed by atoms with E-state index in [1.807, 2.05) is 0 Å². The quantitative estimate of drug-likeness (QED) is 0.0777. The van der Waals surface area contributed by atoms with Crippen molar-refractivity contribution in [1.29, 1.82) is 0 Å². The molecule has 0 spiro atoms. The maximum Gasteiger partial charge on any atom is 0.0776 e. The summed E-state index contributed by atoms with van der Waals surface area (Å²) in [4.78, 5) is 5.07. The zero-order valence-corrected chi connectivity index (χ0v) is 37.8. The maximum atomic E-state index is 2.55. The number of anilines is 6.